The van der Waals surface area contributed by atoms with Crippen molar-refractivity contribution < 1.29 is 9.72 Å². The number of benzene rings is 1. The Morgan fingerprint density at radius 1 is 1.40 bits per heavy atom. The Morgan fingerprint density at radius 2 is 2.00 bits per heavy atom. The average molecular weight is 360 g/mol. The molecule has 0 radical (unpaired) electrons. The Kier molecular flexibility index (Phi) is 5.18. The number of nitrogens with zero attached hydrogens (tertiary/aromatic N) is 1. The van der Waals surface area contributed by atoms with E-state index in [0.29, 0.717) is 10.2 Å². The van der Waals surface area contributed by atoms with Crippen molar-refractivity contribution in [1.82, 2.24) is 5.32 Å². The van der Waals surface area contributed by atoms with Crippen molar-refractivity contribution >= 4 is 50.5 Å². The van der Waals surface area contributed by atoms with E-state index in [4.69, 9.17) is 12.2 Å². The van der Waals surface area contributed by atoms with Gasteiger partial charge in [0.2, 0.25) is 5.91 Å². The molecule has 0 spiro atoms. The molecule has 0 aliphatic carbocycles. The Morgan fingerprint density at radius 3 is 2.45 bits per heavy atom. The molecule has 0 aromatic heterocycles. The summed E-state index contributed by atoms with van der Waals surface area (Å²) in [5, 5.41) is 16.1. The van der Waals surface area contributed by atoms with E-state index in [2.05, 4.69) is 26.6 Å². The number of nitrogens with one attached hydrogen (secondary N) is 2. The van der Waals surface area contributed by atoms with E-state index < -0.39 is 10.3 Å². The quantitative estimate of drug-likeness (QED) is 0.481. The number of non-ortho nitro benzene ring substituents is 1. The van der Waals surface area contributed by atoms with E-state index in [-0.39, 0.29) is 16.7 Å². The lowest BCUT2D eigenvalue weighted by molar-refractivity contribution is -0.384. The van der Waals surface area contributed by atoms with Gasteiger partial charge in [0.05, 0.1) is 10.6 Å². The molecule has 0 unspecified atom stereocenters. The van der Waals surface area contributed by atoms with Crippen molar-refractivity contribution in [3.05, 3.63) is 32.8 Å². The van der Waals surface area contributed by atoms with E-state index in [1.165, 1.54) is 18.2 Å². The number of thiocarbonyl (C=S) groups is 1. The summed E-state index contributed by atoms with van der Waals surface area (Å²) in [5.41, 5.74) is -0.0554. The molecule has 0 aliphatic heterocycles. The number of carbonyl (C=O) groups excluding carboxylic acids is 1. The van der Waals surface area contributed by atoms with Gasteiger partial charge in [-0.1, -0.05) is 20.8 Å². The van der Waals surface area contributed by atoms with Gasteiger partial charge in [-0.2, -0.15) is 0 Å². The fourth-order valence-electron chi connectivity index (χ4n) is 1.16. The van der Waals surface area contributed by atoms with Gasteiger partial charge in [-0.15, -0.1) is 0 Å². The van der Waals surface area contributed by atoms with Crippen LogP contribution in [0.1, 0.15) is 20.8 Å². The van der Waals surface area contributed by atoms with Crippen molar-refractivity contribution in [2.24, 2.45) is 5.41 Å². The highest BCUT2D eigenvalue weighted by molar-refractivity contribution is 9.10. The fraction of sp³-hybridized carbons (Fsp3) is 0.333. The topological polar surface area (TPSA) is 84.3 Å². The van der Waals surface area contributed by atoms with Crippen molar-refractivity contribution in [3.63, 3.8) is 0 Å². The maximum Gasteiger partial charge on any atom is 0.270 e. The molecule has 0 fully saturated rings. The molecule has 0 saturated carbocycles. The number of nitro benzene ring substituents is 1. The summed E-state index contributed by atoms with van der Waals surface area (Å²) in [7, 11) is 0. The first-order valence-corrected chi connectivity index (χ1v) is 6.88. The molecule has 1 aromatic carbocycles. The lowest BCUT2D eigenvalue weighted by Crippen LogP contribution is -2.41. The minimum atomic E-state index is -0.557. The monoisotopic (exact) mass is 359 g/mol. The highest BCUT2D eigenvalue weighted by Gasteiger charge is 2.22. The van der Waals surface area contributed by atoms with Crippen molar-refractivity contribution in [3.8, 4) is 0 Å². The number of halogens is 1. The van der Waals surface area contributed by atoms with Crippen LogP contribution in [0.4, 0.5) is 11.4 Å². The Hall–Kier alpha value is -1.54. The fourth-order valence-corrected chi connectivity index (χ4v) is 1.83. The Balaban J connectivity index is 2.77. The third-order valence-electron chi connectivity index (χ3n) is 2.32. The summed E-state index contributed by atoms with van der Waals surface area (Å²) in [4.78, 5) is 21.9. The van der Waals surface area contributed by atoms with Crippen molar-refractivity contribution in [2.45, 2.75) is 20.8 Å². The third kappa shape index (κ3) is 4.53. The molecule has 0 heterocycles. The molecule has 0 bridgehead atoms. The minimum Gasteiger partial charge on any atom is -0.331 e. The summed E-state index contributed by atoms with van der Waals surface area (Å²) in [6.45, 7) is 5.31. The van der Waals surface area contributed by atoms with E-state index in [9.17, 15) is 14.9 Å². The van der Waals surface area contributed by atoms with Gasteiger partial charge in [-0.25, -0.2) is 0 Å². The summed E-state index contributed by atoms with van der Waals surface area (Å²) in [6.07, 6.45) is 0. The van der Waals surface area contributed by atoms with Gasteiger partial charge in [0.15, 0.2) is 5.11 Å². The van der Waals surface area contributed by atoms with Crippen LogP contribution in [0.25, 0.3) is 0 Å². The lowest BCUT2D eigenvalue weighted by Gasteiger charge is -2.18. The third-order valence-corrected chi connectivity index (χ3v) is 3.18. The van der Waals surface area contributed by atoms with Crippen LogP contribution in [-0.2, 0) is 4.79 Å². The highest BCUT2D eigenvalue weighted by Crippen LogP contribution is 2.27. The van der Waals surface area contributed by atoms with Gasteiger partial charge >= 0.3 is 0 Å². The molecular formula is C12H14BrN3O3S. The van der Waals surface area contributed by atoms with Crippen molar-refractivity contribution in [2.75, 3.05) is 5.32 Å². The molecule has 8 heteroatoms. The van der Waals surface area contributed by atoms with E-state index in [1.807, 2.05) is 0 Å². The average Bonchev–Trinajstić information content (AvgIpc) is 2.30. The first-order valence-electron chi connectivity index (χ1n) is 5.67. The predicted molar refractivity (Wildman–Crippen MR) is 84.6 cm³/mol. The second-order valence-electron chi connectivity index (χ2n) is 5.08. The molecule has 20 heavy (non-hydrogen) atoms. The molecule has 6 nitrogen and oxygen atoms in total. The maximum atomic E-state index is 11.8. The molecule has 0 atom stereocenters. The van der Waals surface area contributed by atoms with Crippen LogP contribution in [0.5, 0.6) is 0 Å². The number of rotatable bonds is 2. The summed E-state index contributed by atoms with van der Waals surface area (Å²) < 4.78 is 0.485. The SMILES string of the molecule is CC(C)(C)C(=O)NC(=S)Nc1ccc([N+](=O)[O-])cc1Br. The predicted octanol–water partition coefficient (Wildman–Crippen LogP) is 3.22. The number of anilines is 1. The van der Waals surface area contributed by atoms with Gasteiger partial charge in [0.25, 0.3) is 5.69 Å². The zero-order valence-corrected chi connectivity index (χ0v) is 13.6. The normalized spacial score (nSPS) is 10.8. The van der Waals surface area contributed by atoms with E-state index in [1.54, 1.807) is 20.8 Å². The Bertz CT molecular complexity index is 570. The number of carbonyl (C=O) groups is 1. The first kappa shape index (κ1) is 16.5. The summed E-state index contributed by atoms with van der Waals surface area (Å²) >= 11 is 8.24. The number of nitro groups is 1. The van der Waals surface area contributed by atoms with Crippen LogP contribution in [0.2, 0.25) is 0 Å². The first-order chi connectivity index (χ1) is 9.11. The molecule has 1 amide bonds. The number of hydrogen-bond donors (Lipinski definition) is 2. The van der Waals surface area contributed by atoms with Gasteiger partial charge in [-0.05, 0) is 34.2 Å². The zero-order valence-electron chi connectivity index (χ0n) is 11.2. The van der Waals surface area contributed by atoms with Gasteiger partial charge in [-0.3, -0.25) is 14.9 Å². The lowest BCUT2D eigenvalue weighted by atomic mass is 9.96. The Labute approximate surface area is 130 Å². The highest BCUT2D eigenvalue weighted by atomic mass is 79.9. The van der Waals surface area contributed by atoms with Crippen LogP contribution >= 0.6 is 28.1 Å². The number of hydrogen-bond acceptors (Lipinski definition) is 4. The standard InChI is InChI=1S/C12H14BrN3O3S/c1-12(2,3)10(17)15-11(20)14-9-5-4-7(16(18)19)6-8(9)13/h4-6H,1-3H3,(H2,14,15,17,20). The molecule has 0 saturated heterocycles. The van der Waals surface area contributed by atoms with E-state index in [0.717, 1.165) is 0 Å². The smallest absolute Gasteiger partial charge is 0.270 e. The molecule has 0 aliphatic rings. The van der Waals surface area contributed by atoms with E-state index >= 15 is 0 Å². The van der Waals surface area contributed by atoms with Gasteiger partial charge < -0.3 is 10.6 Å². The molecule has 108 valence electrons. The minimum absolute atomic E-state index is 0.0351. The van der Waals surface area contributed by atoms with Crippen LogP contribution in [-0.4, -0.2) is 15.9 Å². The molecule has 1 aromatic rings. The molecule has 1 rings (SSSR count). The largest absolute Gasteiger partial charge is 0.331 e. The number of amides is 1. The van der Waals surface area contributed by atoms with Crippen LogP contribution in [0, 0.1) is 15.5 Å². The van der Waals surface area contributed by atoms with Crippen molar-refractivity contribution in [1.29, 1.82) is 0 Å². The molecular weight excluding hydrogens is 346 g/mol. The second-order valence-corrected chi connectivity index (χ2v) is 6.34. The summed E-state index contributed by atoms with van der Waals surface area (Å²) in [6, 6.07) is 4.22. The summed E-state index contributed by atoms with van der Waals surface area (Å²) in [5.74, 6) is -0.215. The van der Waals surface area contributed by atoms with Crippen LogP contribution in [0.15, 0.2) is 22.7 Å². The van der Waals surface area contributed by atoms with Crippen LogP contribution in [0.3, 0.4) is 0 Å². The zero-order chi connectivity index (χ0) is 15.5. The van der Waals surface area contributed by atoms with Gasteiger partial charge in [0.1, 0.15) is 0 Å². The molecule has 2 N–H and O–H groups in total. The van der Waals surface area contributed by atoms with Gasteiger partial charge in [0, 0.05) is 22.0 Å². The maximum absolute atomic E-state index is 11.8. The van der Waals surface area contributed by atoms with Crippen LogP contribution < -0.4 is 10.6 Å². The second kappa shape index (κ2) is 6.27.